The summed E-state index contributed by atoms with van der Waals surface area (Å²) in [4.78, 5) is 153. The number of nitrogens with two attached hydrogens (primary N) is 2. The molecule has 4 aromatic carbocycles. The number of piperazine rings is 4. The first-order chi connectivity index (χ1) is 57.2. The SMILES string of the molecule is CC(=O)NC[C@H]1CN(c2ccc(N3CCN(C(=O)NCCCCNC(=O)N4CCN(c5ccc(N6C[C@H](CNC(C)=O)OC6=O)cc5F)CC4)CC3)c(F)c2)C(=O)O1.CC(=O)NC[C@H]1CN(c2ccc(N3CCN(C(=O)n4ccnc4)CC3)c(F)c2)C(=O)O1.CC(=O)NC[C@H]1CN(c2ccc(N3CCNCC3)c(F)c2)C(=O)O1.NCCCCN. The van der Waals surface area contributed by atoms with E-state index in [0.717, 1.165) is 52.1 Å². The summed E-state index contributed by atoms with van der Waals surface area (Å²) in [5, 5.41) is 19.5. The van der Waals surface area contributed by atoms with Gasteiger partial charge in [0.1, 0.15) is 54.0 Å². The van der Waals surface area contributed by atoms with Crippen LogP contribution in [0.25, 0.3) is 0 Å². The van der Waals surface area contributed by atoms with Crippen LogP contribution in [-0.2, 0) is 38.1 Å². The maximum absolute atomic E-state index is 15.2. The highest BCUT2D eigenvalue weighted by atomic mass is 19.1. The van der Waals surface area contributed by atoms with Crippen molar-refractivity contribution in [3.05, 3.63) is 115 Å². The van der Waals surface area contributed by atoms with Crippen LogP contribution in [0.3, 0.4) is 0 Å². The number of ether oxygens (including phenoxy) is 4. The van der Waals surface area contributed by atoms with Gasteiger partial charge in [0.05, 0.1) is 97.9 Å². The largest absolute Gasteiger partial charge is 0.442 e. The first kappa shape index (κ1) is 89.2. The number of unbranched alkanes of at least 4 members (excludes halogenated alkanes) is 2. The number of imidazole rings is 1. The van der Waals surface area contributed by atoms with Gasteiger partial charge in [-0.1, -0.05) is 0 Å². The molecular formula is C78H106F4N22O15. The number of rotatable bonds is 24. The minimum atomic E-state index is -0.606. The van der Waals surface area contributed by atoms with Crippen molar-refractivity contribution in [2.75, 3.05) is 222 Å². The van der Waals surface area contributed by atoms with Crippen LogP contribution >= 0.6 is 0 Å². The van der Waals surface area contributed by atoms with Gasteiger partial charge in [0.2, 0.25) is 23.6 Å². The number of anilines is 8. The fraction of sp³-hybridized carbons (Fsp3) is 0.513. The molecule has 8 aliphatic rings. The van der Waals surface area contributed by atoms with Crippen LogP contribution in [0.2, 0.25) is 0 Å². The number of benzene rings is 4. The van der Waals surface area contributed by atoms with Crippen molar-refractivity contribution in [2.24, 2.45) is 11.5 Å². The number of carbonyl (C=O) groups is 11. The zero-order valence-corrected chi connectivity index (χ0v) is 67.2. The highest BCUT2D eigenvalue weighted by molar-refractivity contribution is 5.93. The number of aromatic nitrogens is 2. The van der Waals surface area contributed by atoms with E-state index in [2.05, 4.69) is 42.2 Å². The van der Waals surface area contributed by atoms with E-state index in [4.69, 9.17) is 30.4 Å². The molecular weight excluding hydrogens is 1560 g/mol. The van der Waals surface area contributed by atoms with E-state index >= 15 is 8.78 Å². The van der Waals surface area contributed by atoms with Gasteiger partial charge in [-0.2, -0.15) is 0 Å². The monoisotopic (exact) mass is 1670 g/mol. The number of hydrogen-bond acceptors (Lipinski definition) is 23. The highest BCUT2D eigenvalue weighted by Crippen LogP contribution is 2.34. The molecule has 646 valence electrons. The molecule has 9 heterocycles. The van der Waals surface area contributed by atoms with Gasteiger partial charge in [-0.25, -0.2) is 56.1 Å². The van der Waals surface area contributed by atoms with Gasteiger partial charge >= 0.3 is 42.5 Å². The molecule has 0 saturated carbocycles. The van der Waals surface area contributed by atoms with E-state index in [1.807, 2.05) is 19.6 Å². The van der Waals surface area contributed by atoms with Crippen molar-refractivity contribution in [3.8, 4) is 0 Å². The summed E-state index contributed by atoms with van der Waals surface area (Å²) in [6.07, 6.45) is 3.73. The van der Waals surface area contributed by atoms with Crippen molar-refractivity contribution in [3.63, 3.8) is 0 Å². The number of nitrogens with one attached hydrogen (secondary N) is 7. The number of carbonyl (C=O) groups excluding carboxylic acids is 11. The van der Waals surface area contributed by atoms with E-state index in [0.29, 0.717) is 150 Å². The van der Waals surface area contributed by atoms with Gasteiger partial charge in [0, 0.05) is 158 Å². The lowest BCUT2D eigenvalue weighted by Gasteiger charge is -2.36. The van der Waals surface area contributed by atoms with Crippen LogP contribution in [-0.4, -0.2) is 298 Å². The summed E-state index contributed by atoms with van der Waals surface area (Å²) < 4.78 is 82.1. The molecule has 0 unspecified atom stereocenters. The van der Waals surface area contributed by atoms with E-state index in [1.165, 1.54) is 82.5 Å². The van der Waals surface area contributed by atoms with E-state index < -0.39 is 66.2 Å². The second-order valence-electron chi connectivity index (χ2n) is 29.1. The Balaban J connectivity index is 0.000000202. The number of nitrogens with zero attached hydrogens (tertiary/aromatic N) is 13. The quantitative estimate of drug-likeness (QED) is 0.0242. The Kier molecular flexibility index (Phi) is 32.5. The normalized spacial score (nSPS) is 19.1. The van der Waals surface area contributed by atoms with Gasteiger partial charge in [-0.05, 0) is 112 Å². The summed E-state index contributed by atoms with van der Waals surface area (Å²) in [5.41, 5.74) is 13.6. The number of hydrogen-bond donors (Lipinski definition) is 9. The molecule has 4 atom stereocenters. The van der Waals surface area contributed by atoms with Crippen molar-refractivity contribution in [1.82, 2.24) is 61.5 Å². The molecule has 0 radical (unpaired) electrons. The average molecular weight is 1670 g/mol. The third-order valence-electron chi connectivity index (χ3n) is 20.5. The lowest BCUT2D eigenvalue weighted by atomic mass is 10.2. The van der Waals surface area contributed by atoms with Gasteiger partial charge in [-0.15, -0.1) is 0 Å². The number of urea groups is 2. The molecule has 0 aliphatic carbocycles. The average Bonchev–Trinajstić information content (AvgIpc) is 1.80. The minimum absolute atomic E-state index is 0.158. The smallest absolute Gasteiger partial charge is 0.414 e. The minimum Gasteiger partial charge on any atom is -0.442 e. The molecule has 0 bridgehead atoms. The molecule has 8 aliphatic heterocycles. The van der Waals surface area contributed by atoms with Gasteiger partial charge in [0.25, 0.3) is 0 Å². The summed E-state index contributed by atoms with van der Waals surface area (Å²) in [6.45, 7) is 18.0. The summed E-state index contributed by atoms with van der Waals surface area (Å²) in [7, 11) is 0. The fourth-order valence-electron chi connectivity index (χ4n) is 14.1. The molecule has 0 spiro atoms. The standard InChI is InChI=1S/C38H50F2N10O8.C20H23FN6O4.C16H21FN4O3.C4H12N2/c1-25(51)43-21-29-23-49(37(55)57-29)27-5-7-33(31(39)19-27)45-11-15-47(16-12-45)35(53)41-9-3-4-10-42-36(54)48-17-13-46(14-18-48)34-8-6-28(20-32(34)40)50-24-30(58-38(50)56)22-44-26(2)52;1-14(28)23-11-16-12-27(20(30)31-16)15-2-3-18(17(21)10-15)24-6-8-25(9-7-24)19(29)26-5-4-22-13-26;1-11(22)19-9-13-10-21(16(23)24-13)12-2-3-15(14(17)8-12)20-6-4-18-5-7-20;5-3-1-2-4-6/h5-8,19-20,29-30H,3-4,9-18,21-24H2,1-2H3,(H,41,53)(H,42,54)(H,43,51)(H,44,52);2-5,10,13,16H,6-9,11-12H2,1H3,(H,23,28);2-3,8,13,18H,4-7,9-10H2,1H3,(H,19,22);1-6H2/t29-,30-;16-;13-;/m000./s1. The molecule has 41 heteroatoms. The first-order valence-electron chi connectivity index (χ1n) is 39.8. The molecule has 1 aromatic heterocycles. The zero-order chi connectivity index (χ0) is 85.2. The Bertz CT molecular complexity index is 4200. The molecule has 13 amide bonds. The predicted octanol–water partition coefficient (Wildman–Crippen LogP) is 3.69. The maximum atomic E-state index is 15.2. The third kappa shape index (κ3) is 25.2. The van der Waals surface area contributed by atoms with Gasteiger partial charge in [0.15, 0.2) is 0 Å². The number of halogens is 4. The summed E-state index contributed by atoms with van der Waals surface area (Å²) >= 11 is 0. The van der Waals surface area contributed by atoms with Crippen LogP contribution in [0.5, 0.6) is 0 Å². The molecule has 37 nitrogen and oxygen atoms in total. The summed E-state index contributed by atoms with van der Waals surface area (Å²) in [5.74, 6) is -2.66. The van der Waals surface area contributed by atoms with Gasteiger partial charge < -0.3 is 102 Å². The Morgan fingerprint density at radius 1 is 0.403 bits per heavy atom. The van der Waals surface area contributed by atoms with E-state index in [1.54, 1.807) is 75.6 Å². The third-order valence-corrected chi connectivity index (χ3v) is 20.5. The Morgan fingerprint density at radius 2 is 0.689 bits per heavy atom. The van der Waals surface area contributed by atoms with Crippen LogP contribution in [0.1, 0.15) is 53.4 Å². The van der Waals surface area contributed by atoms with Crippen LogP contribution in [0, 0.1) is 23.3 Å². The van der Waals surface area contributed by atoms with Crippen LogP contribution in [0.15, 0.2) is 91.5 Å². The molecule has 5 aromatic rings. The summed E-state index contributed by atoms with van der Waals surface area (Å²) in [6, 6.07) is 17.9. The van der Waals surface area contributed by atoms with Crippen molar-refractivity contribution in [1.29, 1.82) is 0 Å². The Morgan fingerprint density at radius 3 is 0.950 bits per heavy atom. The van der Waals surface area contributed by atoms with Crippen molar-refractivity contribution >= 4 is 112 Å². The zero-order valence-electron chi connectivity index (χ0n) is 67.2. The number of amides is 13. The first-order valence-corrected chi connectivity index (χ1v) is 39.8. The maximum Gasteiger partial charge on any atom is 0.414 e. The predicted molar refractivity (Wildman–Crippen MR) is 434 cm³/mol. The van der Waals surface area contributed by atoms with Crippen molar-refractivity contribution < 1.29 is 89.2 Å². The van der Waals surface area contributed by atoms with E-state index in [9.17, 15) is 61.5 Å². The van der Waals surface area contributed by atoms with Crippen LogP contribution < -0.4 is 87.9 Å². The Hall–Kier alpha value is -12.1. The Labute approximate surface area is 686 Å². The second-order valence-corrected chi connectivity index (χ2v) is 29.1. The van der Waals surface area contributed by atoms with Crippen molar-refractivity contribution in [2.45, 2.75) is 77.8 Å². The lowest BCUT2D eigenvalue weighted by Crippen LogP contribution is -2.52. The highest BCUT2D eigenvalue weighted by Gasteiger charge is 2.38. The fourth-order valence-corrected chi connectivity index (χ4v) is 14.1. The molecule has 8 saturated heterocycles. The second kappa shape index (κ2) is 43.4. The lowest BCUT2D eigenvalue weighted by molar-refractivity contribution is -0.120. The molecule has 8 fully saturated rings. The van der Waals surface area contributed by atoms with E-state index in [-0.39, 0.29) is 99.9 Å². The molecule has 13 rings (SSSR count). The topological polar surface area (TPSA) is 414 Å². The molecule has 11 N–H and O–H groups in total. The van der Waals surface area contributed by atoms with Crippen LogP contribution in [0.4, 0.5) is 96.6 Å². The number of cyclic esters (lactones) is 4. The molecule has 119 heavy (non-hydrogen) atoms. The van der Waals surface area contributed by atoms with Gasteiger partial charge in [-0.3, -0.25) is 43.3 Å².